The van der Waals surface area contributed by atoms with Gasteiger partial charge in [-0.1, -0.05) is 142 Å². The van der Waals surface area contributed by atoms with E-state index in [0.717, 1.165) is 38.5 Å². The molecule has 0 saturated carbocycles. The number of rotatable bonds is 20. The summed E-state index contributed by atoms with van der Waals surface area (Å²) in [6, 6.07) is 0. The normalized spacial score (nSPS) is 12.8. The molecule has 0 spiro atoms. The molecule has 272 valence electrons. The average molecular weight is 651 g/mol. The van der Waals surface area contributed by atoms with Gasteiger partial charge in [-0.25, -0.2) is 4.31 Å². The molecule has 0 amide bonds. The molecule has 0 aromatic rings. The van der Waals surface area contributed by atoms with Crippen LogP contribution in [0.5, 0.6) is 0 Å². The Balaban J connectivity index is -0.0000000594. The lowest BCUT2D eigenvalue weighted by Gasteiger charge is -2.20. The Morgan fingerprint density at radius 3 is 0.976 bits per heavy atom. The second-order valence-electron chi connectivity index (χ2n) is 7.57. The maximum absolute atomic E-state index is 12.4. The van der Waals surface area contributed by atoms with Crippen LogP contribution in [0.3, 0.4) is 0 Å². The third-order valence-corrected chi connectivity index (χ3v) is 8.34. The van der Waals surface area contributed by atoms with Gasteiger partial charge in [0, 0.05) is 26.5 Å². The summed E-state index contributed by atoms with van der Waals surface area (Å²) in [7, 11) is -6.98. The Bertz CT molecular complexity index is 451. The first-order chi connectivity index (χ1) is 13.7. The largest absolute Gasteiger partial charge is 0.379 e. The van der Waals surface area contributed by atoms with E-state index in [2.05, 4.69) is 27.7 Å². The lowest BCUT2D eigenvalue weighted by atomic mass is 10.0. The van der Waals surface area contributed by atoms with Crippen LogP contribution < -0.4 is 0 Å². The molecule has 0 N–H and O–H groups in total. The summed E-state index contributed by atoms with van der Waals surface area (Å²) in [5, 5.41) is 0. The van der Waals surface area contributed by atoms with Gasteiger partial charge in [0.05, 0.1) is 26.4 Å². The van der Waals surface area contributed by atoms with E-state index in [1.807, 2.05) is 0 Å². The van der Waals surface area contributed by atoms with Crippen molar-refractivity contribution in [2.75, 3.05) is 53.0 Å². The Morgan fingerprint density at radius 2 is 0.756 bits per heavy atom. The molecule has 0 aliphatic heterocycles. The van der Waals surface area contributed by atoms with Gasteiger partial charge in [-0.2, -0.15) is 0 Å². The van der Waals surface area contributed by atoms with Gasteiger partial charge < -0.3 is 18.5 Å². The first kappa shape index (κ1) is 83.7. The number of hydrogen-bond donors (Lipinski definition) is 0. The fraction of sp³-hybridized carbons (Fsp3) is 1.00. The molecule has 9 heteroatoms. The second-order valence-corrected chi connectivity index (χ2v) is 11.8. The van der Waals surface area contributed by atoms with Crippen LogP contribution in [0, 0.1) is 11.8 Å². The molecule has 4 unspecified atom stereocenters. The Morgan fingerprint density at radius 1 is 0.488 bits per heavy atom. The monoisotopic (exact) mass is 651 g/mol. The van der Waals surface area contributed by atoms with E-state index in [1.165, 1.54) is 13.3 Å². The number of hydrogen-bond acceptors (Lipinski definition) is 7. The minimum absolute atomic E-state index is 0. The summed E-state index contributed by atoms with van der Waals surface area (Å²) in [6.07, 6.45) is 6.66. The minimum Gasteiger partial charge on any atom is -0.379 e. The molecule has 0 bridgehead atoms. The summed E-state index contributed by atoms with van der Waals surface area (Å²) in [5.41, 5.74) is 0. The van der Waals surface area contributed by atoms with Gasteiger partial charge in [0.15, 0.2) is 0 Å². The summed E-state index contributed by atoms with van der Waals surface area (Å²) < 4.78 is 51.6. The Hall–Kier alpha value is 0.260. The van der Waals surface area contributed by atoms with E-state index in [9.17, 15) is 9.13 Å². The summed E-state index contributed by atoms with van der Waals surface area (Å²) in [5.74, 6) is 1.07. The molecule has 0 fully saturated rings. The standard InChI is InChI=1S/C20H44O7P2.12CH4/c1-7-11-19(9-3)17-23-13-15-25-28(5,21)27-29(6,22)26-16-14-24-18-20(10-4)12-8-2;;;;;;;;;;;;/h19-20H,7-18H2,1-6H3;12*1H4. The molecule has 0 aliphatic carbocycles. The first-order valence-corrected chi connectivity index (χ1v) is 15.0. The van der Waals surface area contributed by atoms with Crippen molar-refractivity contribution in [3.8, 4) is 0 Å². The highest BCUT2D eigenvalue weighted by Gasteiger charge is 2.29. The van der Waals surface area contributed by atoms with Crippen molar-refractivity contribution in [1.29, 1.82) is 0 Å². The summed E-state index contributed by atoms with van der Waals surface area (Å²) in [4.78, 5) is 0. The fourth-order valence-corrected chi connectivity index (χ4v) is 6.31. The smallest absolute Gasteiger partial charge is 0.334 e. The van der Waals surface area contributed by atoms with Crippen LogP contribution in [0.1, 0.15) is 155 Å². The molecule has 7 nitrogen and oxygen atoms in total. The first-order valence-electron chi connectivity index (χ1n) is 11.0. The molecule has 0 aromatic carbocycles. The molecule has 0 aromatic heterocycles. The third kappa shape index (κ3) is 50.2. The quantitative estimate of drug-likeness (QED) is 0.0957. The van der Waals surface area contributed by atoms with E-state index in [1.54, 1.807) is 0 Å². The van der Waals surface area contributed by atoms with Crippen molar-refractivity contribution in [1.82, 2.24) is 0 Å². The van der Waals surface area contributed by atoms with Crippen molar-refractivity contribution in [3.05, 3.63) is 0 Å². The summed E-state index contributed by atoms with van der Waals surface area (Å²) in [6.45, 7) is 13.4. The van der Waals surface area contributed by atoms with E-state index in [4.69, 9.17) is 22.8 Å². The van der Waals surface area contributed by atoms with Crippen molar-refractivity contribution in [2.24, 2.45) is 11.8 Å². The van der Waals surface area contributed by atoms with Crippen molar-refractivity contribution < 1.29 is 32.0 Å². The lowest BCUT2D eigenvalue weighted by molar-refractivity contribution is 0.0637. The van der Waals surface area contributed by atoms with Crippen molar-refractivity contribution in [2.45, 2.75) is 155 Å². The van der Waals surface area contributed by atoms with Gasteiger partial charge in [0.1, 0.15) is 0 Å². The topological polar surface area (TPSA) is 80.3 Å². The average Bonchev–Trinajstić information content (AvgIpc) is 2.64. The predicted molar refractivity (Wildman–Crippen MR) is 200 cm³/mol. The Labute approximate surface area is 267 Å². The maximum Gasteiger partial charge on any atom is 0.334 e. The molecule has 0 rings (SSSR count). The molecule has 0 heterocycles. The molecule has 0 aliphatic rings. The molecule has 4 atom stereocenters. The van der Waals surface area contributed by atoms with E-state index in [-0.39, 0.29) is 102 Å². The van der Waals surface area contributed by atoms with E-state index < -0.39 is 15.2 Å². The zero-order valence-corrected chi connectivity index (χ0v) is 21.2. The van der Waals surface area contributed by atoms with Gasteiger partial charge in [-0.15, -0.1) is 0 Å². The highest BCUT2D eigenvalue weighted by atomic mass is 31.3. The molecular formula is C32H92O7P2. The van der Waals surface area contributed by atoms with Crippen LogP contribution in [0.15, 0.2) is 0 Å². The lowest BCUT2D eigenvalue weighted by Crippen LogP contribution is -2.12. The zero-order chi connectivity index (χ0) is 22.2. The van der Waals surface area contributed by atoms with Gasteiger partial charge in [-0.05, 0) is 24.7 Å². The van der Waals surface area contributed by atoms with Gasteiger partial charge >= 0.3 is 15.2 Å². The highest BCUT2D eigenvalue weighted by molar-refractivity contribution is 7.66. The van der Waals surface area contributed by atoms with E-state index >= 15 is 0 Å². The number of ether oxygens (including phenoxy) is 2. The van der Waals surface area contributed by atoms with Crippen LogP contribution in [0.4, 0.5) is 0 Å². The SMILES string of the molecule is C.C.C.C.C.C.C.C.C.C.C.C.CCCC(CC)COCCOP(C)(=O)OP(C)(=O)OCCOCC(CC)CCC. The van der Waals surface area contributed by atoms with Gasteiger partial charge in [-0.3, -0.25) is 9.13 Å². The van der Waals surface area contributed by atoms with Crippen molar-refractivity contribution >= 4 is 15.2 Å². The molecule has 0 radical (unpaired) electrons. The van der Waals surface area contributed by atoms with Crippen LogP contribution in [0.25, 0.3) is 0 Å². The van der Waals surface area contributed by atoms with E-state index in [0.29, 0.717) is 38.3 Å². The third-order valence-electron chi connectivity index (χ3n) is 4.66. The fourth-order valence-electron chi connectivity index (χ4n) is 2.97. The van der Waals surface area contributed by atoms with Gasteiger partial charge in [0.2, 0.25) is 0 Å². The van der Waals surface area contributed by atoms with Crippen LogP contribution >= 0.6 is 15.2 Å². The second kappa shape index (κ2) is 49.9. The van der Waals surface area contributed by atoms with Gasteiger partial charge in [0.25, 0.3) is 0 Å². The van der Waals surface area contributed by atoms with Crippen LogP contribution in [0.2, 0.25) is 0 Å². The molecule has 0 saturated heterocycles. The molecular weight excluding hydrogens is 558 g/mol. The highest BCUT2D eigenvalue weighted by Crippen LogP contribution is 2.60. The van der Waals surface area contributed by atoms with Crippen LogP contribution in [-0.2, 0) is 32.0 Å². The maximum atomic E-state index is 12.4. The minimum atomic E-state index is -3.49. The predicted octanol–water partition coefficient (Wildman–Crippen LogP) is 14.0. The zero-order valence-electron chi connectivity index (χ0n) is 19.4. The van der Waals surface area contributed by atoms with Crippen molar-refractivity contribution in [3.63, 3.8) is 0 Å². The summed E-state index contributed by atoms with van der Waals surface area (Å²) >= 11 is 0. The molecule has 41 heavy (non-hydrogen) atoms. The van der Waals surface area contributed by atoms with Crippen LogP contribution in [-0.4, -0.2) is 53.0 Å². The Kier molecular flexibility index (Phi) is 102.